The van der Waals surface area contributed by atoms with E-state index in [-0.39, 0.29) is 16.6 Å². The van der Waals surface area contributed by atoms with Crippen LogP contribution < -0.4 is 9.46 Å². The Kier molecular flexibility index (Phi) is 6.44. The van der Waals surface area contributed by atoms with Crippen molar-refractivity contribution in [3.63, 3.8) is 0 Å². The van der Waals surface area contributed by atoms with Crippen LogP contribution in [-0.2, 0) is 10.0 Å². The summed E-state index contributed by atoms with van der Waals surface area (Å²) in [6.45, 7) is 7.87. The molecular weight excluding hydrogens is 390 g/mol. The van der Waals surface area contributed by atoms with E-state index < -0.39 is 10.0 Å². The zero-order valence-electron chi connectivity index (χ0n) is 17.0. The number of benzene rings is 2. The lowest BCUT2D eigenvalue weighted by atomic mass is 10.1. The number of nitrogens with zero attached hydrogens (tertiary/aromatic N) is 2. The highest BCUT2D eigenvalue weighted by Crippen LogP contribution is 2.28. The first-order valence-electron chi connectivity index (χ1n) is 9.63. The van der Waals surface area contributed by atoms with Crippen molar-refractivity contribution in [2.75, 3.05) is 44.6 Å². The number of methoxy groups -OCH3 is 1. The van der Waals surface area contributed by atoms with Gasteiger partial charge in [0.15, 0.2) is 0 Å². The highest BCUT2D eigenvalue weighted by molar-refractivity contribution is 7.92. The summed E-state index contributed by atoms with van der Waals surface area (Å²) in [6.07, 6.45) is 0. The van der Waals surface area contributed by atoms with Gasteiger partial charge in [0.05, 0.1) is 7.11 Å². The summed E-state index contributed by atoms with van der Waals surface area (Å²) in [5.74, 6) is 0.0205. The van der Waals surface area contributed by atoms with Gasteiger partial charge in [-0.25, -0.2) is 8.42 Å². The Bertz CT molecular complexity index is 966. The van der Waals surface area contributed by atoms with Crippen molar-refractivity contribution in [2.24, 2.45) is 0 Å². The molecule has 7 nitrogen and oxygen atoms in total. The van der Waals surface area contributed by atoms with Gasteiger partial charge in [-0.3, -0.25) is 9.52 Å². The summed E-state index contributed by atoms with van der Waals surface area (Å²) in [5, 5.41) is 0. The summed E-state index contributed by atoms with van der Waals surface area (Å²) in [7, 11) is -2.51. The minimum Gasteiger partial charge on any atom is -0.495 e. The molecule has 0 unspecified atom stereocenters. The van der Waals surface area contributed by atoms with Crippen LogP contribution in [0.5, 0.6) is 5.75 Å². The number of amides is 1. The fourth-order valence-electron chi connectivity index (χ4n) is 3.30. The summed E-state index contributed by atoms with van der Waals surface area (Å²) >= 11 is 0. The highest BCUT2D eigenvalue weighted by Gasteiger charge is 2.25. The Labute approximate surface area is 172 Å². The molecule has 0 bridgehead atoms. The van der Waals surface area contributed by atoms with Gasteiger partial charge in [0.1, 0.15) is 10.6 Å². The first-order valence-corrected chi connectivity index (χ1v) is 11.1. The number of carbonyl (C=O) groups excluding carboxylic acids is 1. The molecule has 0 radical (unpaired) electrons. The van der Waals surface area contributed by atoms with Crippen LogP contribution in [0.2, 0.25) is 0 Å². The van der Waals surface area contributed by atoms with Crippen molar-refractivity contribution in [1.29, 1.82) is 0 Å². The summed E-state index contributed by atoms with van der Waals surface area (Å²) < 4.78 is 33.8. The van der Waals surface area contributed by atoms with Crippen LogP contribution in [0.15, 0.2) is 47.4 Å². The van der Waals surface area contributed by atoms with E-state index in [9.17, 15) is 13.2 Å². The second-order valence-corrected chi connectivity index (χ2v) is 8.71. The average Bonchev–Trinajstić information content (AvgIpc) is 2.74. The monoisotopic (exact) mass is 417 g/mol. The molecule has 8 heteroatoms. The third-order valence-corrected chi connectivity index (χ3v) is 6.51. The second kappa shape index (κ2) is 8.84. The van der Waals surface area contributed by atoms with E-state index in [1.165, 1.54) is 19.2 Å². The first-order chi connectivity index (χ1) is 13.8. The normalized spacial score (nSPS) is 15.2. The van der Waals surface area contributed by atoms with Crippen molar-refractivity contribution in [3.8, 4) is 5.75 Å². The quantitative estimate of drug-likeness (QED) is 0.782. The Morgan fingerprint density at radius 2 is 1.72 bits per heavy atom. The standard InChI is InChI=1S/C21H27N3O4S/c1-4-23-11-13-24(14-12-23)21(25)17-7-10-19(28-3)20(15-17)29(26,27)22-18-8-5-16(2)6-9-18/h5-10,15,22H,4,11-14H2,1-3H3. The van der Waals surface area contributed by atoms with Gasteiger partial charge in [0, 0.05) is 37.4 Å². The molecular formula is C21H27N3O4S. The van der Waals surface area contributed by atoms with Gasteiger partial charge in [-0.1, -0.05) is 24.6 Å². The number of ether oxygens (including phenoxy) is 1. The molecule has 1 N–H and O–H groups in total. The van der Waals surface area contributed by atoms with Gasteiger partial charge >= 0.3 is 0 Å². The number of hydrogen-bond donors (Lipinski definition) is 1. The van der Waals surface area contributed by atoms with Gasteiger partial charge in [-0.2, -0.15) is 0 Å². The lowest BCUT2D eigenvalue weighted by Crippen LogP contribution is -2.48. The molecule has 1 aliphatic rings. The second-order valence-electron chi connectivity index (χ2n) is 7.06. The molecule has 3 rings (SSSR count). The van der Waals surface area contributed by atoms with Crippen LogP contribution >= 0.6 is 0 Å². The fraction of sp³-hybridized carbons (Fsp3) is 0.381. The van der Waals surface area contributed by atoms with Gasteiger partial charge in [0.2, 0.25) is 0 Å². The summed E-state index contributed by atoms with van der Waals surface area (Å²) in [6, 6.07) is 11.6. The van der Waals surface area contributed by atoms with Crippen LogP contribution in [0.1, 0.15) is 22.8 Å². The van der Waals surface area contributed by atoms with Crippen LogP contribution in [-0.4, -0.2) is 64.0 Å². The Hall–Kier alpha value is -2.58. The largest absolute Gasteiger partial charge is 0.495 e. The zero-order valence-corrected chi connectivity index (χ0v) is 17.8. The molecule has 1 aliphatic heterocycles. The van der Waals surface area contributed by atoms with Crippen molar-refractivity contribution >= 4 is 21.6 Å². The van der Waals surface area contributed by atoms with Crippen molar-refractivity contribution < 1.29 is 17.9 Å². The third-order valence-electron chi connectivity index (χ3n) is 5.11. The van der Waals surface area contributed by atoms with Gasteiger partial charge in [-0.15, -0.1) is 0 Å². The Balaban J connectivity index is 1.86. The average molecular weight is 418 g/mol. The van der Waals surface area contributed by atoms with E-state index in [1.807, 2.05) is 19.1 Å². The molecule has 1 saturated heterocycles. The maximum Gasteiger partial charge on any atom is 0.265 e. The van der Waals surface area contributed by atoms with E-state index in [1.54, 1.807) is 23.1 Å². The smallest absolute Gasteiger partial charge is 0.265 e. The van der Waals surface area contributed by atoms with Crippen LogP contribution in [0, 0.1) is 6.92 Å². The number of piperazine rings is 1. The van der Waals surface area contributed by atoms with E-state index in [2.05, 4.69) is 16.5 Å². The van der Waals surface area contributed by atoms with Crippen molar-refractivity contribution in [1.82, 2.24) is 9.80 Å². The van der Waals surface area contributed by atoms with Crippen molar-refractivity contribution in [3.05, 3.63) is 53.6 Å². The molecule has 1 heterocycles. The molecule has 29 heavy (non-hydrogen) atoms. The molecule has 1 fully saturated rings. The van der Waals surface area contributed by atoms with E-state index in [0.29, 0.717) is 24.3 Å². The van der Waals surface area contributed by atoms with E-state index >= 15 is 0 Å². The van der Waals surface area contributed by atoms with E-state index in [0.717, 1.165) is 25.2 Å². The van der Waals surface area contributed by atoms with Gasteiger partial charge < -0.3 is 14.5 Å². The topological polar surface area (TPSA) is 79.0 Å². The minimum absolute atomic E-state index is 0.0568. The lowest BCUT2D eigenvalue weighted by molar-refractivity contribution is 0.0643. The SMILES string of the molecule is CCN1CCN(C(=O)c2ccc(OC)c(S(=O)(=O)Nc3ccc(C)cc3)c2)CC1. The molecule has 2 aromatic carbocycles. The lowest BCUT2D eigenvalue weighted by Gasteiger charge is -2.34. The zero-order chi connectivity index (χ0) is 21.0. The van der Waals surface area contributed by atoms with Gasteiger partial charge in [-0.05, 0) is 43.8 Å². The predicted molar refractivity (Wildman–Crippen MR) is 113 cm³/mol. The number of aryl methyl sites for hydroxylation is 1. The van der Waals surface area contributed by atoms with Crippen molar-refractivity contribution in [2.45, 2.75) is 18.7 Å². The number of carbonyl (C=O) groups is 1. The fourth-order valence-corrected chi connectivity index (χ4v) is 4.56. The van der Waals surface area contributed by atoms with Gasteiger partial charge in [0.25, 0.3) is 15.9 Å². The third kappa shape index (κ3) is 4.89. The van der Waals surface area contributed by atoms with Crippen LogP contribution in [0.4, 0.5) is 5.69 Å². The Morgan fingerprint density at radius 1 is 1.07 bits per heavy atom. The summed E-state index contributed by atoms with van der Waals surface area (Å²) in [5.41, 5.74) is 1.81. The first kappa shape index (κ1) is 21.1. The molecule has 0 atom stereocenters. The molecule has 1 amide bonds. The number of likely N-dealkylation sites (N-methyl/N-ethyl adjacent to an activating group) is 1. The maximum atomic E-state index is 13.0. The highest BCUT2D eigenvalue weighted by atomic mass is 32.2. The van der Waals surface area contributed by atoms with Crippen LogP contribution in [0.25, 0.3) is 0 Å². The molecule has 0 saturated carbocycles. The van der Waals surface area contributed by atoms with Crippen LogP contribution in [0.3, 0.4) is 0 Å². The maximum absolute atomic E-state index is 13.0. The molecule has 0 aromatic heterocycles. The number of nitrogens with one attached hydrogen (secondary N) is 1. The number of anilines is 1. The molecule has 0 spiro atoms. The number of hydrogen-bond acceptors (Lipinski definition) is 5. The molecule has 2 aromatic rings. The summed E-state index contributed by atoms with van der Waals surface area (Å²) in [4.78, 5) is 16.9. The van der Waals surface area contributed by atoms with E-state index in [4.69, 9.17) is 4.74 Å². The Morgan fingerprint density at radius 3 is 2.31 bits per heavy atom. The number of rotatable bonds is 6. The molecule has 0 aliphatic carbocycles. The molecule has 156 valence electrons. The minimum atomic E-state index is -3.92. The number of sulfonamides is 1. The predicted octanol–water partition coefficient (Wildman–Crippen LogP) is 2.58.